The van der Waals surface area contributed by atoms with E-state index in [4.69, 9.17) is 14.6 Å². The van der Waals surface area contributed by atoms with Crippen LogP contribution in [0, 0.1) is 5.41 Å². The van der Waals surface area contributed by atoms with Crippen LogP contribution in [0.5, 0.6) is 0 Å². The van der Waals surface area contributed by atoms with Crippen LogP contribution in [0.2, 0.25) is 0 Å². The van der Waals surface area contributed by atoms with E-state index in [2.05, 4.69) is 0 Å². The van der Waals surface area contributed by atoms with Gasteiger partial charge in [0.05, 0.1) is 30.8 Å². The summed E-state index contributed by atoms with van der Waals surface area (Å²) in [6.45, 7) is 1.33. The lowest BCUT2D eigenvalue weighted by atomic mass is 9.75. The summed E-state index contributed by atoms with van der Waals surface area (Å²) < 4.78 is 10.4. The van der Waals surface area contributed by atoms with E-state index in [1.807, 2.05) is 0 Å². The summed E-state index contributed by atoms with van der Waals surface area (Å²) in [7, 11) is 0. The third-order valence-corrected chi connectivity index (χ3v) is 4.29. The zero-order valence-corrected chi connectivity index (χ0v) is 12.3. The molecule has 6 nitrogen and oxygen atoms in total. The average molecular weight is 300 g/mol. The largest absolute Gasteiger partial charge is 0.481 e. The van der Waals surface area contributed by atoms with Crippen molar-refractivity contribution in [1.29, 1.82) is 0 Å². The Kier molecular flexibility index (Phi) is 5.58. The Balaban J connectivity index is 1.76. The van der Waals surface area contributed by atoms with Crippen molar-refractivity contribution in [2.75, 3.05) is 13.2 Å². The highest BCUT2D eigenvalue weighted by Gasteiger charge is 2.47. The van der Waals surface area contributed by atoms with Gasteiger partial charge in [0.25, 0.3) is 0 Å². The monoisotopic (exact) mass is 300 g/mol. The molecule has 0 aromatic heterocycles. The molecule has 0 saturated carbocycles. The van der Waals surface area contributed by atoms with E-state index < -0.39 is 17.4 Å². The van der Waals surface area contributed by atoms with Crippen LogP contribution >= 0.6 is 0 Å². The molecule has 0 bridgehead atoms. The van der Waals surface area contributed by atoms with Crippen molar-refractivity contribution in [2.45, 2.75) is 63.6 Å². The molecule has 2 aliphatic rings. The molecule has 0 spiro atoms. The molecule has 0 aromatic carbocycles. The van der Waals surface area contributed by atoms with Gasteiger partial charge in [0, 0.05) is 6.42 Å². The minimum atomic E-state index is -0.772. The first-order valence-corrected chi connectivity index (χ1v) is 7.70. The van der Waals surface area contributed by atoms with Crippen LogP contribution in [0.4, 0.5) is 0 Å². The first-order chi connectivity index (χ1) is 10.0. The van der Waals surface area contributed by atoms with Crippen LogP contribution < -0.4 is 0 Å². The van der Waals surface area contributed by atoms with Crippen molar-refractivity contribution in [2.24, 2.45) is 5.41 Å². The lowest BCUT2D eigenvalue weighted by molar-refractivity contribution is -0.151. The van der Waals surface area contributed by atoms with E-state index >= 15 is 0 Å². The Morgan fingerprint density at radius 2 is 1.48 bits per heavy atom. The maximum absolute atomic E-state index is 11.8. The molecule has 2 rings (SSSR count). The molecule has 0 radical (unpaired) electrons. The molecule has 2 aliphatic heterocycles. The lowest BCUT2D eigenvalue weighted by Crippen LogP contribution is -2.34. The number of epoxide rings is 2. The van der Waals surface area contributed by atoms with Crippen molar-refractivity contribution >= 4 is 11.9 Å². The molecule has 21 heavy (non-hydrogen) atoms. The summed E-state index contributed by atoms with van der Waals surface area (Å²) in [4.78, 5) is 22.2. The summed E-state index contributed by atoms with van der Waals surface area (Å²) >= 11 is 0. The highest BCUT2D eigenvalue weighted by atomic mass is 16.6. The van der Waals surface area contributed by atoms with E-state index in [0.717, 1.165) is 19.3 Å². The van der Waals surface area contributed by atoms with E-state index in [1.165, 1.54) is 0 Å². The Morgan fingerprint density at radius 1 is 0.952 bits per heavy atom. The number of carboxylic acid groups (broad SMARTS) is 2. The number of carbonyl (C=O) groups is 2. The Bertz CT molecular complexity index is 358. The van der Waals surface area contributed by atoms with Gasteiger partial charge in [-0.3, -0.25) is 9.59 Å². The van der Waals surface area contributed by atoms with Gasteiger partial charge in [-0.05, 0) is 25.7 Å². The minimum absolute atomic E-state index is 0.0897. The molecule has 6 heteroatoms. The number of hydrogen-bond donors (Lipinski definition) is 2. The molecule has 2 fully saturated rings. The first-order valence-electron chi connectivity index (χ1n) is 7.70. The third kappa shape index (κ3) is 5.63. The fourth-order valence-electron chi connectivity index (χ4n) is 2.91. The van der Waals surface area contributed by atoms with Gasteiger partial charge in [0.15, 0.2) is 0 Å². The number of aliphatic carboxylic acids is 2. The minimum Gasteiger partial charge on any atom is -0.481 e. The van der Waals surface area contributed by atoms with Gasteiger partial charge in [-0.1, -0.05) is 19.3 Å². The summed E-state index contributed by atoms with van der Waals surface area (Å²) in [5.41, 5.74) is -0.741. The SMILES string of the molecule is O=C(O)CCCCCCC(CC1CO1)(CC1CO1)C(=O)O. The Hall–Kier alpha value is -1.14. The summed E-state index contributed by atoms with van der Waals surface area (Å²) in [6, 6.07) is 0. The quantitative estimate of drug-likeness (QED) is 0.423. The third-order valence-electron chi connectivity index (χ3n) is 4.29. The normalized spacial score (nSPS) is 26.1. The zero-order chi connectivity index (χ0) is 15.3. The van der Waals surface area contributed by atoms with Crippen molar-refractivity contribution in [1.82, 2.24) is 0 Å². The zero-order valence-electron chi connectivity index (χ0n) is 12.3. The van der Waals surface area contributed by atoms with E-state index in [9.17, 15) is 14.7 Å². The molecule has 2 unspecified atom stereocenters. The van der Waals surface area contributed by atoms with Gasteiger partial charge in [-0.15, -0.1) is 0 Å². The van der Waals surface area contributed by atoms with E-state index in [-0.39, 0.29) is 18.6 Å². The van der Waals surface area contributed by atoms with Crippen LogP contribution in [0.25, 0.3) is 0 Å². The standard InChI is InChI=1S/C15H24O6/c16-13(17)5-3-1-2-4-6-15(14(18)19,7-11-9-20-11)8-12-10-21-12/h11-12H,1-10H2,(H,16,17)(H,18,19). The van der Waals surface area contributed by atoms with Gasteiger partial charge in [0.2, 0.25) is 0 Å². The van der Waals surface area contributed by atoms with Gasteiger partial charge in [-0.25, -0.2) is 0 Å². The molecule has 120 valence electrons. The number of rotatable bonds is 12. The predicted molar refractivity (Wildman–Crippen MR) is 74.1 cm³/mol. The molecule has 2 atom stereocenters. The lowest BCUT2D eigenvalue weighted by Gasteiger charge is -2.28. The van der Waals surface area contributed by atoms with Crippen molar-refractivity contribution < 1.29 is 29.3 Å². The van der Waals surface area contributed by atoms with Crippen molar-refractivity contribution in [3.05, 3.63) is 0 Å². The topological polar surface area (TPSA) is 99.7 Å². The highest BCUT2D eigenvalue weighted by Crippen LogP contribution is 2.42. The van der Waals surface area contributed by atoms with Crippen LogP contribution in [-0.4, -0.2) is 47.6 Å². The van der Waals surface area contributed by atoms with E-state index in [1.54, 1.807) is 0 Å². The van der Waals surface area contributed by atoms with Gasteiger partial charge >= 0.3 is 11.9 Å². The number of hydrogen-bond acceptors (Lipinski definition) is 4. The smallest absolute Gasteiger partial charge is 0.309 e. The molecule has 0 amide bonds. The van der Waals surface area contributed by atoms with Gasteiger partial charge < -0.3 is 19.7 Å². The van der Waals surface area contributed by atoms with Gasteiger partial charge in [0.1, 0.15) is 0 Å². The number of carboxylic acids is 2. The maximum atomic E-state index is 11.8. The first kappa shape index (κ1) is 16.2. The van der Waals surface area contributed by atoms with Crippen molar-refractivity contribution in [3.8, 4) is 0 Å². The summed E-state index contributed by atoms with van der Waals surface area (Å²) in [5.74, 6) is -1.52. The summed E-state index contributed by atoms with van der Waals surface area (Å²) in [5, 5.41) is 18.2. The number of ether oxygens (including phenoxy) is 2. The molecule has 0 aliphatic carbocycles. The van der Waals surface area contributed by atoms with Crippen LogP contribution in [-0.2, 0) is 19.1 Å². The second-order valence-electron chi connectivity index (χ2n) is 6.21. The van der Waals surface area contributed by atoms with E-state index in [0.29, 0.717) is 38.9 Å². The van der Waals surface area contributed by atoms with Crippen molar-refractivity contribution in [3.63, 3.8) is 0 Å². The predicted octanol–water partition coefficient (Wildman–Crippen LogP) is 2.06. The molecule has 2 heterocycles. The molecule has 0 aromatic rings. The molecular formula is C15H24O6. The Morgan fingerprint density at radius 3 is 1.90 bits per heavy atom. The second-order valence-corrected chi connectivity index (χ2v) is 6.21. The average Bonchev–Trinajstić information content (AvgIpc) is 3.29. The number of unbranched alkanes of at least 4 members (excludes halogenated alkanes) is 3. The maximum Gasteiger partial charge on any atom is 0.309 e. The highest BCUT2D eigenvalue weighted by molar-refractivity contribution is 5.74. The molecule has 2 saturated heterocycles. The fourth-order valence-corrected chi connectivity index (χ4v) is 2.91. The second kappa shape index (κ2) is 7.22. The molecular weight excluding hydrogens is 276 g/mol. The van der Waals surface area contributed by atoms with Crippen LogP contribution in [0.15, 0.2) is 0 Å². The Labute approximate surface area is 124 Å². The fraction of sp³-hybridized carbons (Fsp3) is 0.867. The van der Waals surface area contributed by atoms with Crippen LogP contribution in [0.1, 0.15) is 51.4 Å². The summed E-state index contributed by atoms with van der Waals surface area (Å²) in [6.07, 6.45) is 5.30. The molecule has 2 N–H and O–H groups in total. The van der Waals surface area contributed by atoms with Gasteiger partial charge in [-0.2, -0.15) is 0 Å². The van der Waals surface area contributed by atoms with Crippen LogP contribution in [0.3, 0.4) is 0 Å².